The van der Waals surface area contributed by atoms with E-state index < -0.39 is 5.82 Å². The molecule has 0 fully saturated rings. The topological polar surface area (TPSA) is 48.7 Å². The largest absolute Gasteiger partial charge is 0.377 e. The highest BCUT2D eigenvalue weighted by Crippen LogP contribution is 2.26. The molecule has 0 radical (unpaired) electrons. The molecule has 104 valence electrons. The quantitative estimate of drug-likeness (QED) is 0.926. The van der Waals surface area contributed by atoms with E-state index in [4.69, 9.17) is 5.26 Å². The average molecular weight is 289 g/mol. The van der Waals surface area contributed by atoms with Gasteiger partial charge in [0, 0.05) is 10.8 Å². The number of nitrogens with one attached hydrogen (secondary N) is 1. The van der Waals surface area contributed by atoms with Crippen molar-refractivity contribution in [2.24, 2.45) is 0 Å². The van der Waals surface area contributed by atoms with Crippen molar-refractivity contribution in [3.05, 3.63) is 45.7 Å². The van der Waals surface area contributed by atoms with Gasteiger partial charge in [-0.25, -0.2) is 9.37 Å². The maximum atomic E-state index is 13.7. The van der Waals surface area contributed by atoms with E-state index in [1.165, 1.54) is 6.07 Å². The monoisotopic (exact) mass is 289 g/mol. The summed E-state index contributed by atoms with van der Waals surface area (Å²) in [7, 11) is 0. The van der Waals surface area contributed by atoms with E-state index >= 15 is 0 Å². The van der Waals surface area contributed by atoms with E-state index in [2.05, 4.69) is 31.1 Å². The maximum Gasteiger partial charge on any atom is 0.147 e. The summed E-state index contributed by atoms with van der Waals surface area (Å²) in [6, 6.07) is 6.30. The average Bonchev–Trinajstić information content (AvgIpc) is 2.86. The maximum absolute atomic E-state index is 13.7. The van der Waals surface area contributed by atoms with E-state index in [-0.39, 0.29) is 5.41 Å². The van der Waals surface area contributed by atoms with Gasteiger partial charge in [0.15, 0.2) is 0 Å². The van der Waals surface area contributed by atoms with E-state index in [0.29, 0.717) is 17.8 Å². The Kier molecular flexibility index (Phi) is 4.05. The van der Waals surface area contributed by atoms with Crippen molar-refractivity contribution in [1.29, 1.82) is 5.26 Å². The number of nitrogens with zero attached hydrogens (tertiary/aromatic N) is 2. The zero-order valence-electron chi connectivity index (χ0n) is 11.7. The Morgan fingerprint density at radius 2 is 2.15 bits per heavy atom. The van der Waals surface area contributed by atoms with Crippen LogP contribution >= 0.6 is 11.3 Å². The summed E-state index contributed by atoms with van der Waals surface area (Å²) >= 11 is 1.61. The smallest absolute Gasteiger partial charge is 0.147 e. The molecular weight excluding hydrogens is 273 g/mol. The molecule has 20 heavy (non-hydrogen) atoms. The Labute approximate surface area is 122 Å². The first-order chi connectivity index (χ1) is 9.40. The highest BCUT2D eigenvalue weighted by Gasteiger charge is 2.17. The molecule has 0 atom stereocenters. The van der Waals surface area contributed by atoms with Crippen LogP contribution in [0.3, 0.4) is 0 Å². The summed E-state index contributed by atoms with van der Waals surface area (Å²) < 4.78 is 13.7. The fraction of sp³-hybridized carbons (Fsp3) is 0.333. The fourth-order valence-electron chi connectivity index (χ4n) is 1.65. The number of aromatic nitrogens is 1. The van der Waals surface area contributed by atoms with Gasteiger partial charge in [-0.05, 0) is 18.2 Å². The van der Waals surface area contributed by atoms with Crippen molar-refractivity contribution >= 4 is 17.0 Å². The van der Waals surface area contributed by atoms with E-state index in [9.17, 15) is 4.39 Å². The Bertz CT molecular complexity index is 650. The van der Waals surface area contributed by atoms with Gasteiger partial charge in [-0.15, -0.1) is 11.3 Å². The van der Waals surface area contributed by atoms with Gasteiger partial charge in [0.2, 0.25) is 0 Å². The van der Waals surface area contributed by atoms with Gasteiger partial charge in [0.05, 0.1) is 34.6 Å². The summed E-state index contributed by atoms with van der Waals surface area (Å²) in [5.74, 6) is -0.421. The van der Waals surface area contributed by atoms with Crippen LogP contribution in [0.4, 0.5) is 10.1 Å². The predicted molar refractivity (Wildman–Crippen MR) is 79.3 cm³/mol. The first-order valence-electron chi connectivity index (χ1n) is 6.28. The van der Waals surface area contributed by atoms with Gasteiger partial charge in [-0.3, -0.25) is 0 Å². The van der Waals surface area contributed by atoms with Gasteiger partial charge in [0.1, 0.15) is 5.82 Å². The molecule has 0 spiro atoms. The minimum Gasteiger partial charge on any atom is -0.377 e. The van der Waals surface area contributed by atoms with Gasteiger partial charge >= 0.3 is 0 Å². The number of thiazole rings is 1. The Morgan fingerprint density at radius 1 is 1.40 bits per heavy atom. The predicted octanol–water partition coefficient (Wildman–Crippen LogP) is 4.06. The number of benzene rings is 1. The van der Waals surface area contributed by atoms with Crippen molar-refractivity contribution < 1.29 is 4.39 Å². The lowest BCUT2D eigenvalue weighted by molar-refractivity contribution is 0.583. The number of hydrogen-bond donors (Lipinski definition) is 1. The van der Waals surface area contributed by atoms with Crippen LogP contribution in [0, 0.1) is 17.1 Å². The molecule has 0 aliphatic heterocycles. The van der Waals surface area contributed by atoms with Crippen LogP contribution in [0.2, 0.25) is 0 Å². The van der Waals surface area contributed by atoms with Crippen molar-refractivity contribution in [2.75, 3.05) is 5.32 Å². The van der Waals surface area contributed by atoms with Crippen LogP contribution in [0.15, 0.2) is 23.6 Å². The van der Waals surface area contributed by atoms with Gasteiger partial charge in [0.25, 0.3) is 0 Å². The molecular formula is C15H16FN3S. The summed E-state index contributed by atoms with van der Waals surface area (Å²) in [4.78, 5) is 4.54. The fourth-order valence-corrected chi connectivity index (χ4v) is 2.55. The van der Waals surface area contributed by atoms with Crippen molar-refractivity contribution in [3.8, 4) is 6.07 Å². The highest BCUT2D eigenvalue weighted by atomic mass is 32.1. The SMILES string of the molecule is CC(C)(C)c1nc(CNc2ccc(C#N)cc2F)cs1. The molecule has 0 saturated carbocycles. The lowest BCUT2D eigenvalue weighted by Crippen LogP contribution is -2.11. The number of nitriles is 1. The van der Waals surface area contributed by atoms with Crippen LogP contribution in [0.5, 0.6) is 0 Å². The number of hydrogen-bond acceptors (Lipinski definition) is 4. The summed E-state index contributed by atoms with van der Waals surface area (Å²) in [5.41, 5.74) is 1.62. The Morgan fingerprint density at radius 3 is 2.70 bits per heavy atom. The molecule has 1 aromatic carbocycles. The first kappa shape index (κ1) is 14.5. The molecule has 0 unspecified atom stereocenters. The molecule has 0 bridgehead atoms. The van der Waals surface area contributed by atoms with Crippen LogP contribution in [0.1, 0.15) is 37.0 Å². The lowest BCUT2D eigenvalue weighted by Gasteiger charge is -2.13. The van der Waals surface area contributed by atoms with Crippen LogP contribution in [-0.2, 0) is 12.0 Å². The molecule has 5 heteroatoms. The number of rotatable bonds is 3. The number of anilines is 1. The van der Waals surface area contributed by atoms with Crippen LogP contribution in [-0.4, -0.2) is 4.98 Å². The summed E-state index contributed by atoms with van der Waals surface area (Å²) in [6.45, 7) is 6.81. The third-order valence-electron chi connectivity index (χ3n) is 2.75. The molecule has 2 aromatic rings. The zero-order chi connectivity index (χ0) is 14.8. The van der Waals surface area contributed by atoms with Crippen LogP contribution < -0.4 is 5.32 Å². The summed E-state index contributed by atoms with van der Waals surface area (Å²) in [5, 5.41) is 14.7. The van der Waals surface area contributed by atoms with E-state index in [1.54, 1.807) is 23.5 Å². The lowest BCUT2D eigenvalue weighted by atomic mass is 9.98. The van der Waals surface area contributed by atoms with Crippen molar-refractivity contribution in [2.45, 2.75) is 32.7 Å². The van der Waals surface area contributed by atoms with E-state index in [0.717, 1.165) is 10.7 Å². The van der Waals surface area contributed by atoms with Gasteiger partial charge < -0.3 is 5.32 Å². The third kappa shape index (κ3) is 3.34. The Hall–Kier alpha value is -1.93. The molecule has 0 saturated heterocycles. The normalized spacial score (nSPS) is 11.2. The standard InChI is InChI=1S/C15H16FN3S/c1-15(2,3)14-19-11(9-20-14)8-18-13-5-4-10(7-17)6-12(13)16/h4-6,9,18H,8H2,1-3H3. The molecule has 0 aliphatic carbocycles. The minimum absolute atomic E-state index is 0.0304. The zero-order valence-corrected chi connectivity index (χ0v) is 12.5. The first-order valence-corrected chi connectivity index (χ1v) is 7.16. The third-order valence-corrected chi connectivity index (χ3v) is 4.07. The Balaban J connectivity index is 2.06. The van der Waals surface area contributed by atoms with Gasteiger partial charge in [-0.2, -0.15) is 5.26 Å². The second kappa shape index (κ2) is 5.59. The molecule has 2 rings (SSSR count). The second-order valence-electron chi connectivity index (χ2n) is 5.55. The molecule has 3 nitrogen and oxygen atoms in total. The molecule has 1 aromatic heterocycles. The molecule has 1 heterocycles. The summed E-state index contributed by atoms with van der Waals surface area (Å²) in [6.07, 6.45) is 0. The molecule has 1 N–H and O–H groups in total. The second-order valence-corrected chi connectivity index (χ2v) is 6.41. The van der Waals surface area contributed by atoms with Gasteiger partial charge in [-0.1, -0.05) is 20.8 Å². The van der Waals surface area contributed by atoms with E-state index in [1.807, 2.05) is 11.4 Å². The number of halogens is 1. The van der Waals surface area contributed by atoms with Crippen LogP contribution in [0.25, 0.3) is 0 Å². The van der Waals surface area contributed by atoms with Crippen molar-refractivity contribution in [3.63, 3.8) is 0 Å². The molecule has 0 amide bonds. The molecule has 0 aliphatic rings. The highest BCUT2D eigenvalue weighted by molar-refractivity contribution is 7.09. The van der Waals surface area contributed by atoms with Crippen molar-refractivity contribution in [1.82, 2.24) is 4.98 Å². The minimum atomic E-state index is -0.421.